The summed E-state index contributed by atoms with van der Waals surface area (Å²) in [5.74, 6) is -1.14. The summed E-state index contributed by atoms with van der Waals surface area (Å²) in [4.78, 5) is 39.2. The average molecular weight is 455 g/mol. The Kier molecular flexibility index (Phi) is 7.58. The van der Waals surface area contributed by atoms with Gasteiger partial charge < -0.3 is 19.9 Å². The first-order valence-corrected chi connectivity index (χ1v) is 11.0. The van der Waals surface area contributed by atoms with Gasteiger partial charge in [-0.3, -0.25) is 9.69 Å². The molecular formula is C25H30N2O6. The summed E-state index contributed by atoms with van der Waals surface area (Å²) >= 11 is 0. The number of rotatable bonds is 4. The van der Waals surface area contributed by atoms with Crippen LogP contribution < -0.4 is 5.32 Å². The molecule has 1 aliphatic rings. The number of esters is 1. The van der Waals surface area contributed by atoms with Gasteiger partial charge >= 0.3 is 12.1 Å². The van der Waals surface area contributed by atoms with E-state index < -0.39 is 29.8 Å². The highest BCUT2D eigenvalue weighted by Gasteiger charge is 2.32. The molecule has 0 aliphatic carbocycles. The molecule has 33 heavy (non-hydrogen) atoms. The number of phenols is 1. The van der Waals surface area contributed by atoms with Crippen molar-refractivity contribution in [2.75, 3.05) is 11.9 Å². The lowest BCUT2D eigenvalue weighted by molar-refractivity contribution is -0.0458. The van der Waals surface area contributed by atoms with Gasteiger partial charge in [-0.15, -0.1) is 0 Å². The van der Waals surface area contributed by atoms with Crippen LogP contribution in [0.5, 0.6) is 5.75 Å². The zero-order valence-corrected chi connectivity index (χ0v) is 19.2. The molecule has 8 heteroatoms. The zero-order valence-electron chi connectivity index (χ0n) is 19.2. The highest BCUT2D eigenvalue weighted by atomic mass is 16.6. The fourth-order valence-corrected chi connectivity index (χ4v) is 3.47. The molecule has 1 atom stereocenters. The molecule has 1 unspecified atom stereocenters. The third-order valence-electron chi connectivity index (χ3n) is 5.10. The van der Waals surface area contributed by atoms with Gasteiger partial charge in [-0.05, 0) is 70.0 Å². The first kappa shape index (κ1) is 24.1. The number of benzene rings is 2. The second-order valence-electron chi connectivity index (χ2n) is 8.93. The Labute approximate surface area is 193 Å². The summed E-state index contributed by atoms with van der Waals surface area (Å²) in [6.07, 6.45) is 1.95. The van der Waals surface area contributed by atoms with Gasteiger partial charge in [0.25, 0.3) is 5.91 Å². The van der Waals surface area contributed by atoms with Gasteiger partial charge in [0.05, 0.1) is 11.1 Å². The number of phenolic OH excluding ortho intramolecular Hbond substituents is 1. The van der Waals surface area contributed by atoms with Crippen LogP contribution in [0.4, 0.5) is 10.5 Å². The molecule has 8 nitrogen and oxygen atoms in total. The molecular weight excluding hydrogens is 424 g/mol. The Bertz CT molecular complexity index is 997. The summed E-state index contributed by atoms with van der Waals surface area (Å²) in [6, 6.07) is 12.5. The standard InChI is InChI=1S/C25H30N2O6/c1-25(2,3)33-24(31)27-16-8-4-5-11-21(27)32-23(30)17-12-14-18(15-13-17)26-22(29)19-9-6-7-10-20(19)28/h6-7,9-10,12-15,21,28H,4-5,8,11,16H2,1-3H3,(H,26,29). The summed E-state index contributed by atoms with van der Waals surface area (Å²) in [6.45, 7) is 5.85. The van der Waals surface area contributed by atoms with Gasteiger partial charge in [-0.25, -0.2) is 9.59 Å². The van der Waals surface area contributed by atoms with Gasteiger partial charge in [0.1, 0.15) is 11.4 Å². The normalized spacial score (nSPS) is 16.5. The van der Waals surface area contributed by atoms with E-state index in [1.54, 1.807) is 45.0 Å². The number of likely N-dealkylation sites (tertiary alicyclic amines) is 1. The van der Waals surface area contributed by atoms with Crippen molar-refractivity contribution in [2.24, 2.45) is 0 Å². The highest BCUT2D eigenvalue weighted by Crippen LogP contribution is 2.23. The van der Waals surface area contributed by atoms with Crippen LogP contribution in [-0.2, 0) is 9.47 Å². The smallest absolute Gasteiger partial charge is 0.413 e. The van der Waals surface area contributed by atoms with Crippen molar-refractivity contribution in [1.82, 2.24) is 4.90 Å². The van der Waals surface area contributed by atoms with Crippen molar-refractivity contribution in [2.45, 2.75) is 58.3 Å². The molecule has 0 aromatic heterocycles. The summed E-state index contributed by atoms with van der Waals surface area (Å²) in [5, 5.41) is 12.5. The summed E-state index contributed by atoms with van der Waals surface area (Å²) in [7, 11) is 0. The van der Waals surface area contributed by atoms with Crippen LogP contribution in [-0.4, -0.2) is 46.3 Å². The molecule has 0 spiro atoms. The number of amides is 2. The Morgan fingerprint density at radius 1 is 1.00 bits per heavy atom. The van der Waals surface area contributed by atoms with E-state index in [4.69, 9.17) is 9.47 Å². The van der Waals surface area contributed by atoms with Crippen molar-refractivity contribution < 1.29 is 29.0 Å². The van der Waals surface area contributed by atoms with E-state index in [0.29, 0.717) is 24.2 Å². The molecule has 2 aromatic carbocycles. The van der Waals surface area contributed by atoms with Crippen molar-refractivity contribution in [3.05, 3.63) is 59.7 Å². The van der Waals surface area contributed by atoms with Gasteiger partial charge in [0, 0.05) is 18.7 Å². The number of anilines is 1. The number of para-hydroxylation sites is 1. The summed E-state index contributed by atoms with van der Waals surface area (Å²) < 4.78 is 11.2. The average Bonchev–Trinajstić information content (AvgIpc) is 2.99. The minimum atomic E-state index is -0.699. The van der Waals surface area contributed by atoms with Crippen molar-refractivity contribution in [1.29, 1.82) is 0 Å². The number of aromatic hydroxyl groups is 1. The van der Waals surface area contributed by atoms with E-state index in [1.165, 1.54) is 29.2 Å². The highest BCUT2D eigenvalue weighted by molar-refractivity contribution is 6.06. The molecule has 0 bridgehead atoms. The number of nitrogens with one attached hydrogen (secondary N) is 1. The molecule has 0 radical (unpaired) electrons. The monoisotopic (exact) mass is 454 g/mol. The first-order valence-electron chi connectivity index (χ1n) is 11.0. The fraction of sp³-hybridized carbons (Fsp3) is 0.400. The maximum atomic E-state index is 12.8. The lowest BCUT2D eigenvalue weighted by atomic mass is 10.1. The predicted octanol–water partition coefficient (Wildman–Crippen LogP) is 4.94. The number of ether oxygens (including phenoxy) is 2. The van der Waals surface area contributed by atoms with E-state index in [0.717, 1.165) is 19.3 Å². The second kappa shape index (κ2) is 10.4. The van der Waals surface area contributed by atoms with E-state index in [2.05, 4.69) is 5.32 Å². The van der Waals surface area contributed by atoms with Crippen LogP contribution >= 0.6 is 0 Å². The third-order valence-corrected chi connectivity index (χ3v) is 5.10. The molecule has 2 amide bonds. The Morgan fingerprint density at radius 2 is 1.70 bits per heavy atom. The Morgan fingerprint density at radius 3 is 2.36 bits per heavy atom. The van der Waals surface area contributed by atoms with Crippen LogP contribution in [0, 0.1) is 0 Å². The second-order valence-corrected chi connectivity index (χ2v) is 8.93. The molecule has 1 heterocycles. The molecule has 3 rings (SSSR count). The quantitative estimate of drug-likeness (QED) is 0.634. The van der Waals surface area contributed by atoms with Gasteiger partial charge in [0.2, 0.25) is 0 Å². The molecule has 1 aliphatic heterocycles. The molecule has 2 N–H and O–H groups in total. The molecule has 2 aromatic rings. The number of hydrogen-bond donors (Lipinski definition) is 2. The number of nitrogens with zero attached hydrogens (tertiary/aromatic N) is 1. The minimum Gasteiger partial charge on any atom is -0.507 e. The zero-order chi connectivity index (χ0) is 24.0. The van der Waals surface area contributed by atoms with Gasteiger partial charge in [-0.2, -0.15) is 0 Å². The van der Waals surface area contributed by atoms with Gasteiger partial charge in [0.15, 0.2) is 6.23 Å². The number of hydrogen-bond acceptors (Lipinski definition) is 6. The largest absolute Gasteiger partial charge is 0.507 e. The maximum absolute atomic E-state index is 12.8. The predicted molar refractivity (Wildman–Crippen MR) is 123 cm³/mol. The lowest BCUT2D eigenvalue weighted by Crippen LogP contribution is -2.45. The Hall–Kier alpha value is -3.55. The van der Waals surface area contributed by atoms with Crippen molar-refractivity contribution >= 4 is 23.7 Å². The lowest BCUT2D eigenvalue weighted by Gasteiger charge is -2.31. The van der Waals surface area contributed by atoms with E-state index in [1.807, 2.05) is 0 Å². The van der Waals surface area contributed by atoms with Crippen molar-refractivity contribution in [3.8, 4) is 5.75 Å². The molecule has 1 fully saturated rings. The van der Waals surface area contributed by atoms with E-state index >= 15 is 0 Å². The van der Waals surface area contributed by atoms with Crippen LogP contribution in [0.25, 0.3) is 0 Å². The van der Waals surface area contributed by atoms with Crippen LogP contribution in [0.2, 0.25) is 0 Å². The minimum absolute atomic E-state index is 0.117. The fourth-order valence-electron chi connectivity index (χ4n) is 3.47. The molecule has 0 saturated carbocycles. The number of carbonyl (C=O) groups excluding carboxylic acids is 3. The van der Waals surface area contributed by atoms with Crippen LogP contribution in [0.1, 0.15) is 67.2 Å². The topological polar surface area (TPSA) is 105 Å². The summed E-state index contributed by atoms with van der Waals surface area (Å²) in [5.41, 5.74) is 0.263. The van der Waals surface area contributed by atoms with E-state index in [9.17, 15) is 19.5 Å². The third kappa shape index (κ3) is 6.71. The van der Waals surface area contributed by atoms with Crippen LogP contribution in [0.3, 0.4) is 0 Å². The van der Waals surface area contributed by atoms with Crippen LogP contribution in [0.15, 0.2) is 48.5 Å². The van der Waals surface area contributed by atoms with Gasteiger partial charge in [-0.1, -0.05) is 18.6 Å². The Balaban J connectivity index is 1.65. The molecule has 176 valence electrons. The van der Waals surface area contributed by atoms with E-state index in [-0.39, 0.29) is 11.3 Å². The SMILES string of the molecule is CC(C)(C)OC(=O)N1CCCCCC1OC(=O)c1ccc(NC(=O)c2ccccc2O)cc1. The number of carbonyl (C=O) groups is 3. The molecule has 1 saturated heterocycles. The van der Waals surface area contributed by atoms with Crippen molar-refractivity contribution in [3.63, 3.8) is 0 Å². The first-order chi connectivity index (χ1) is 15.6. The maximum Gasteiger partial charge on any atom is 0.413 e.